The molecule has 1 aliphatic heterocycles. The van der Waals surface area contributed by atoms with Crippen molar-refractivity contribution in [2.45, 2.75) is 23.8 Å². The number of carbonyl (C=O) groups is 1. The van der Waals surface area contributed by atoms with Crippen molar-refractivity contribution in [1.29, 1.82) is 0 Å². The summed E-state index contributed by atoms with van der Waals surface area (Å²) in [5.74, 6) is -0.0926. The molecule has 3 heteroatoms. The first kappa shape index (κ1) is 6.93. The van der Waals surface area contributed by atoms with Gasteiger partial charge in [-0.3, -0.25) is 4.79 Å². The van der Waals surface area contributed by atoms with Gasteiger partial charge in [0.25, 0.3) is 0 Å². The van der Waals surface area contributed by atoms with Crippen LogP contribution in [-0.4, -0.2) is 23.1 Å². The Morgan fingerprint density at radius 3 is 2.22 bits per heavy atom. The van der Waals surface area contributed by atoms with E-state index < -0.39 is 0 Å². The SMILES string of the molecule is COC(=O)C1SC1(C)C. The number of thioether (sulfide) groups is 1. The van der Waals surface area contributed by atoms with E-state index >= 15 is 0 Å². The van der Waals surface area contributed by atoms with E-state index in [2.05, 4.69) is 4.74 Å². The Hall–Kier alpha value is -0.180. The van der Waals surface area contributed by atoms with Crippen LogP contribution in [0.15, 0.2) is 0 Å². The van der Waals surface area contributed by atoms with E-state index in [1.807, 2.05) is 13.8 Å². The molecule has 0 N–H and O–H groups in total. The maximum atomic E-state index is 10.7. The third kappa shape index (κ3) is 1.21. The van der Waals surface area contributed by atoms with Gasteiger partial charge in [-0.25, -0.2) is 0 Å². The first-order valence-electron chi connectivity index (χ1n) is 2.83. The molecule has 1 rings (SSSR count). The third-order valence-electron chi connectivity index (χ3n) is 1.41. The summed E-state index contributed by atoms with van der Waals surface area (Å²) in [5, 5.41) is 0.0856. The van der Waals surface area contributed by atoms with E-state index in [1.165, 1.54) is 7.11 Å². The lowest BCUT2D eigenvalue weighted by atomic mass is 10.1. The number of carbonyl (C=O) groups excluding carboxylic acids is 1. The van der Waals surface area contributed by atoms with Crippen molar-refractivity contribution in [3.8, 4) is 0 Å². The summed E-state index contributed by atoms with van der Waals surface area (Å²) in [6.07, 6.45) is 0. The molecule has 2 nitrogen and oxygen atoms in total. The Morgan fingerprint density at radius 1 is 1.67 bits per heavy atom. The van der Waals surface area contributed by atoms with Crippen molar-refractivity contribution in [2.75, 3.05) is 7.11 Å². The minimum atomic E-state index is -0.0926. The molecule has 0 amide bonds. The molecule has 1 aliphatic rings. The maximum absolute atomic E-state index is 10.7. The third-order valence-corrected chi connectivity index (χ3v) is 3.02. The van der Waals surface area contributed by atoms with Crippen molar-refractivity contribution in [3.63, 3.8) is 0 Å². The van der Waals surface area contributed by atoms with Crippen molar-refractivity contribution < 1.29 is 9.53 Å². The molecule has 1 fully saturated rings. The number of esters is 1. The van der Waals surface area contributed by atoms with Crippen LogP contribution in [0.5, 0.6) is 0 Å². The van der Waals surface area contributed by atoms with E-state index in [0.717, 1.165) is 0 Å². The van der Waals surface area contributed by atoms with E-state index in [-0.39, 0.29) is 16.0 Å². The predicted molar refractivity (Wildman–Crippen MR) is 37.5 cm³/mol. The van der Waals surface area contributed by atoms with Gasteiger partial charge in [0.1, 0.15) is 5.25 Å². The molecular formula is C6H10O2S. The standard InChI is InChI=1S/C6H10O2S/c1-6(2)4(9-6)5(7)8-3/h4H,1-3H3. The summed E-state index contributed by atoms with van der Waals surface area (Å²) >= 11 is 1.65. The molecule has 0 bridgehead atoms. The summed E-state index contributed by atoms with van der Waals surface area (Å²) in [4.78, 5) is 10.7. The van der Waals surface area contributed by atoms with Crippen LogP contribution in [-0.2, 0) is 9.53 Å². The number of hydrogen-bond acceptors (Lipinski definition) is 3. The molecule has 0 aromatic carbocycles. The lowest BCUT2D eigenvalue weighted by Gasteiger charge is -1.96. The zero-order valence-electron chi connectivity index (χ0n) is 5.80. The highest BCUT2D eigenvalue weighted by molar-refractivity contribution is 8.09. The average molecular weight is 146 g/mol. The Bertz CT molecular complexity index is 142. The molecule has 1 unspecified atom stereocenters. The summed E-state index contributed by atoms with van der Waals surface area (Å²) in [7, 11) is 1.43. The predicted octanol–water partition coefficient (Wildman–Crippen LogP) is 1.05. The molecular weight excluding hydrogens is 136 g/mol. The van der Waals surface area contributed by atoms with Gasteiger partial charge in [0.2, 0.25) is 0 Å². The minimum Gasteiger partial charge on any atom is -0.468 e. The zero-order chi connectivity index (χ0) is 7.07. The molecule has 0 radical (unpaired) electrons. The van der Waals surface area contributed by atoms with Crippen molar-refractivity contribution in [2.24, 2.45) is 0 Å². The van der Waals surface area contributed by atoms with Gasteiger partial charge in [0, 0.05) is 4.75 Å². The Balaban J connectivity index is 2.42. The minimum absolute atomic E-state index is 0.0856. The molecule has 1 saturated heterocycles. The lowest BCUT2D eigenvalue weighted by Crippen LogP contribution is -2.15. The Morgan fingerprint density at radius 2 is 2.11 bits per heavy atom. The number of hydrogen-bond donors (Lipinski definition) is 0. The van der Waals surface area contributed by atoms with Gasteiger partial charge in [-0.15, -0.1) is 11.8 Å². The normalized spacial score (nSPS) is 29.4. The molecule has 0 aromatic heterocycles. The molecule has 9 heavy (non-hydrogen) atoms. The molecule has 0 spiro atoms. The first-order valence-corrected chi connectivity index (χ1v) is 3.71. The molecule has 0 saturated carbocycles. The van der Waals surface area contributed by atoms with Crippen LogP contribution < -0.4 is 0 Å². The van der Waals surface area contributed by atoms with Gasteiger partial charge in [-0.2, -0.15) is 0 Å². The molecule has 1 atom stereocenters. The van der Waals surface area contributed by atoms with Crippen LogP contribution in [0.3, 0.4) is 0 Å². The van der Waals surface area contributed by atoms with Crippen molar-refractivity contribution in [3.05, 3.63) is 0 Å². The quantitative estimate of drug-likeness (QED) is 0.408. The summed E-state index contributed by atoms with van der Waals surface area (Å²) in [5.41, 5.74) is 0. The van der Waals surface area contributed by atoms with E-state index in [9.17, 15) is 4.79 Å². The number of methoxy groups -OCH3 is 1. The highest BCUT2D eigenvalue weighted by atomic mass is 32.2. The van der Waals surface area contributed by atoms with Crippen LogP contribution in [0.2, 0.25) is 0 Å². The lowest BCUT2D eigenvalue weighted by molar-refractivity contribution is -0.139. The smallest absolute Gasteiger partial charge is 0.320 e. The van der Waals surface area contributed by atoms with E-state index in [0.29, 0.717) is 0 Å². The average Bonchev–Trinajstić information content (AvgIpc) is 2.38. The highest BCUT2D eigenvalue weighted by Gasteiger charge is 2.53. The van der Waals surface area contributed by atoms with Crippen molar-refractivity contribution >= 4 is 17.7 Å². The van der Waals surface area contributed by atoms with Crippen LogP contribution in [0.4, 0.5) is 0 Å². The van der Waals surface area contributed by atoms with Gasteiger partial charge in [0.15, 0.2) is 0 Å². The monoisotopic (exact) mass is 146 g/mol. The van der Waals surface area contributed by atoms with Gasteiger partial charge in [0.05, 0.1) is 7.11 Å². The summed E-state index contributed by atoms with van der Waals surface area (Å²) in [6, 6.07) is 0. The fourth-order valence-electron chi connectivity index (χ4n) is 0.709. The Kier molecular flexibility index (Phi) is 1.47. The second-order valence-corrected chi connectivity index (χ2v) is 4.38. The summed E-state index contributed by atoms with van der Waals surface area (Å²) in [6.45, 7) is 4.08. The second kappa shape index (κ2) is 1.90. The highest BCUT2D eigenvalue weighted by Crippen LogP contribution is 2.53. The van der Waals surface area contributed by atoms with E-state index in [1.54, 1.807) is 11.8 Å². The molecule has 0 aliphatic carbocycles. The summed E-state index contributed by atoms with van der Waals surface area (Å²) < 4.78 is 4.68. The zero-order valence-corrected chi connectivity index (χ0v) is 6.62. The maximum Gasteiger partial charge on any atom is 0.320 e. The second-order valence-electron chi connectivity index (χ2n) is 2.62. The van der Waals surface area contributed by atoms with E-state index in [4.69, 9.17) is 0 Å². The van der Waals surface area contributed by atoms with Crippen LogP contribution >= 0.6 is 11.8 Å². The van der Waals surface area contributed by atoms with Crippen molar-refractivity contribution in [1.82, 2.24) is 0 Å². The first-order chi connectivity index (χ1) is 4.08. The van der Waals surface area contributed by atoms with Crippen LogP contribution in [0, 0.1) is 0 Å². The van der Waals surface area contributed by atoms with Gasteiger partial charge in [-0.05, 0) is 13.8 Å². The fourth-order valence-corrected chi connectivity index (χ4v) is 1.54. The number of rotatable bonds is 1. The largest absolute Gasteiger partial charge is 0.468 e. The van der Waals surface area contributed by atoms with Crippen LogP contribution in [0.1, 0.15) is 13.8 Å². The molecule has 1 heterocycles. The van der Waals surface area contributed by atoms with Gasteiger partial charge in [-0.1, -0.05) is 0 Å². The van der Waals surface area contributed by atoms with Gasteiger partial charge >= 0.3 is 5.97 Å². The Labute approximate surface area is 59.0 Å². The number of ether oxygens (including phenoxy) is 1. The fraction of sp³-hybridized carbons (Fsp3) is 0.833. The van der Waals surface area contributed by atoms with Gasteiger partial charge < -0.3 is 4.74 Å². The van der Waals surface area contributed by atoms with Crippen LogP contribution in [0.25, 0.3) is 0 Å². The topological polar surface area (TPSA) is 26.3 Å². The molecule has 0 aromatic rings. The molecule has 52 valence electrons.